The van der Waals surface area contributed by atoms with Crippen LogP contribution in [-0.4, -0.2) is 31.5 Å². The molecule has 1 atom stereocenters. The molecule has 0 spiro atoms. The lowest BCUT2D eigenvalue weighted by molar-refractivity contribution is -0.138. The summed E-state index contributed by atoms with van der Waals surface area (Å²) < 4.78 is 23.5. The molecule has 0 aromatic carbocycles. The molecule has 0 aliphatic heterocycles. The molecule has 5 heteroatoms. The molecule has 1 rings (SSSR count). The van der Waals surface area contributed by atoms with Crippen molar-refractivity contribution < 1.29 is 18.6 Å². The summed E-state index contributed by atoms with van der Waals surface area (Å²) in [6, 6.07) is 0. The molecule has 4 nitrogen and oxygen atoms in total. The highest BCUT2D eigenvalue weighted by molar-refractivity contribution is 7.59. The fourth-order valence-corrected chi connectivity index (χ4v) is 4.83. The summed E-state index contributed by atoms with van der Waals surface area (Å²) in [5.74, 6) is 0.378. The number of ether oxygens (including phenoxy) is 1. The third-order valence-electron chi connectivity index (χ3n) is 3.02. The van der Waals surface area contributed by atoms with Crippen LogP contribution in [0, 0.1) is 11.8 Å². The van der Waals surface area contributed by atoms with Crippen molar-refractivity contribution in [3.8, 4) is 0 Å². The minimum atomic E-state index is -2.81. The van der Waals surface area contributed by atoms with Gasteiger partial charge in [-0.1, -0.05) is 19.9 Å². The van der Waals surface area contributed by atoms with Crippen LogP contribution in [0.15, 0.2) is 11.6 Å². The molecule has 20 heavy (non-hydrogen) atoms. The lowest BCUT2D eigenvalue weighted by Crippen LogP contribution is -2.15. The van der Waals surface area contributed by atoms with Crippen molar-refractivity contribution in [2.45, 2.75) is 40.5 Å². The fourth-order valence-electron chi connectivity index (χ4n) is 2.17. The smallest absolute Gasteiger partial charge is 0.334 e. The van der Waals surface area contributed by atoms with E-state index in [0.29, 0.717) is 30.9 Å². The second-order valence-corrected chi connectivity index (χ2v) is 8.29. The maximum Gasteiger partial charge on any atom is 0.334 e. The molecule has 0 aromatic heterocycles. The number of carbonyl (C=O) groups is 1. The molecule has 0 radical (unpaired) electrons. The van der Waals surface area contributed by atoms with Gasteiger partial charge in [0.25, 0.3) is 0 Å². The Morgan fingerprint density at radius 3 is 2.40 bits per heavy atom. The molecule has 0 amide bonds. The Hall–Kier alpha value is -0.600. The molecular formula is C15H27O4P. The number of esters is 1. The Kier molecular flexibility index (Phi) is 6.97. The average Bonchev–Trinajstić information content (AvgIpc) is 3.11. The Morgan fingerprint density at radius 2 is 1.95 bits per heavy atom. The van der Waals surface area contributed by atoms with E-state index in [0.717, 1.165) is 12.8 Å². The van der Waals surface area contributed by atoms with Gasteiger partial charge in [-0.3, -0.25) is 4.57 Å². The minimum Gasteiger partial charge on any atom is -0.463 e. The fraction of sp³-hybridized carbons (Fsp3) is 0.800. The molecule has 1 fully saturated rings. The summed E-state index contributed by atoms with van der Waals surface area (Å²) in [6.45, 7) is 8.39. The van der Waals surface area contributed by atoms with E-state index in [1.54, 1.807) is 6.92 Å². The van der Waals surface area contributed by atoms with Crippen LogP contribution in [0.5, 0.6) is 0 Å². The van der Waals surface area contributed by atoms with E-state index in [-0.39, 0.29) is 18.0 Å². The normalized spacial score (nSPS) is 18.9. The summed E-state index contributed by atoms with van der Waals surface area (Å²) in [5, 5.41) is 0. The van der Waals surface area contributed by atoms with Crippen LogP contribution in [0.1, 0.15) is 40.5 Å². The highest BCUT2D eigenvalue weighted by Crippen LogP contribution is 2.50. The monoisotopic (exact) mass is 302 g/mol. The Bertz CT molecular complexity index is 397. The lowest BCUT2D eigenvalue weighted by atomic mass is 10.2. The molecule has 0 N–H and O–H groups in total. The van der Waals surface area contributed by atoms with E-state index >= 15 is 0 Å². The zero-order valence-electron chi connectivity index (χ0n) is 13.1. The zero-order valence-corrected chi connectivity index (χ0v) is 13.9. The first-order valence-electron chi connectivity index (χ1n) is 7.50. The van der Waals surface area contributed by atoms with Gasteiger partial charge in [-0.05, 0) is 38.5 Å². The highest BCUT2D eigenvalue weighted by atomic mass is 31.2. The summed E-state index contributed by atoms with van der Waals surface area (Å²) in [7, 11) is -2.81. The first-order valence-corrected chi connectivity index (χ1v) is 9.50. The Morgan fingerprint density at radius 1 is 1.30 bits per heavy atom. The molecule has 116 valence electrons. The van der Waals surface area contributed by atoms with E-state index in [4.69, 9.17) is 9.26 Å². The van der Waals surface area contributed by atoms with Gasteiger partial charge in [0, 0.05) is 11.7 Å². The first kappa shape index (κ1) is 17.5. The molecular weight excluding hydrogens is 275 g/mol. The Balaban J connectivity index is 2.84. The molecule has 0 heterocycles. The zero-order chi connectivity index (χ0) is 15.2. The van der Waals surface area contributed by atoms with Gasteiger partial charge in [0.2, 0.25) is 7.37 Å². The lowest BCUT2D eigenvalue weighted by Gasteiger charge is -2.20. The van der Waals surface area contributed by atoms with Crippen LogP contribution in [0.3, 0.4) is 0 Å². The van der Waals surface area contributed by atoms with Crippen LogP contribution in [0.2, 0.25) is 0 Å². The second kappa shape index (κ2) is 7.99. The molecule has 0 bridgehead atoms. The highest BCUT2D eigenvalue weighted by Gasteiger charge is 2.30. The van der Waals surface area contributed by atoms with Crippen LogP contribution in [0.4, 0.5) is 0 Å². The summed E-state index contributed by atoms with van der Waals surface area (Å²) in [5.41, 5.74) is 0.534. The predicted molar refractivity (Wildman–Crippen MR) is 81.2 cm³/mol. The van der Waals surface area contributed by atoms with Crippen molar-refractivity contribution in [2.24, 2.45) is 11.8 Å². The van der Waals surface area contributed by atoms with Gasteiger partial charge in [0.1, 0.15) is 0 Å². The minimum absolute atomic E-state index is 0.203. The third kappa shape index (κ3) is 6.23. The van der Waals surface area contributed by atoms with Crippen LogP contribution < -0.4 is 0 Å². The van der Waals surface area contributed by atoms with E-state index in [9.17, 15) is 9.36 Å². The number of rotatable bonds is 9. The third-order valence-corrected chi connectivity index (χ3v) is 5.85. The van der Waals surface area contributed by atoms with E-state index < -0.39 is 7.37 Å². The maximum absolute atomic E-state index is 12.9. The number of hydrogen-bond acceptors (Lipinski definition) is 4. The van der Waals surface area contributed by atoms with Gasteiger partial charge < -0.3 is 9.26 Å². The molecule has 1 aliphatic carbocycles. The van der Waals surface area contributed by atoms with Gasteiger partial charge in [-0.2, -0.15) is 0 Å². The molecule has 1 aliphatic rings. The number of hydrogen-bond donors (Lipinski definition) is 0. The molecule has 0 aromatic rings. The largest absolute Gasteiger partial charge is 0.463 e. The second-order valence-electron chi connectivity index (χ2n) is 5.72. The van der Waals surface area contributed by atoms with Crippen molar-refractivity contribution >= 4 is 13.3 Å². The molecule has 1 saturated carbocycles. The van der Waals surface area contributed by atoms with Gasteiger partial charge in [-0.15, -0.1) is 0 Å². The van der Waals surface area contributed by atoms with Crippen LogP contribution in [0.25, 0.3) is 0 Å². The SMILES string of the molecule is CCOC(=O)/C(=C/C1CC1)CP(=O)(CC(C)C)OCC. The topological polar surface area (TPSA) is 52.6 Å². The van der Waals surface area contributed by atoms with Crippen molar-refractivity contribution in [1.82, 2.24) is 0 Å². The molecule has 1 unspecified atom stereocenters. The van der Waals surface area contributed by atoms with E-state index in [1.165, 1.54) is 0 Å². The van der Waals surface area contributed by atoms with Crippen molar-refractivity contribution in [3.63, 3.8) is 0 Å². The van der Waals surface area contributed by atoms with E-state index in [2.05, 4.69) is 0 Å². The average molecular weight is 302 g/mol. The van der Waals surface area contributed by atoms with Crippen LogP contribution in [-0.2, 0) is 18.6 Å². The van der Waals surface area contributed by atoms with Crippen LogP contribution >= 0.6 is 7.37 Å². The van der Waals surface area contributed by atoms with E-state index in [1.807, 2.05) is 26.8 Å². The standard InChI is InChI=1S/C15H27O4P/c1-5-18-15(16)14(9-13-7-8-13)11-20(17,19-6-2)10-12(3)4/h9,12-13H,5-8,10-11H2,1-4H3/b14-9+. The summed E-state index contributed by atoms with van der Waals surface area (Å²) in [6.07, 6.45) is 4.85. The van der Waals surface area contributed by atoms with Crippen molar-refractivity contribution in [3.05, 3.63) is 11.6 Å². The van der Waals surface area contributed by atoms with Gasteiger partial charge >= 0.3 is 5.97 Å². The maximum atomic E-state index is 12.9. The number of carbonyl (C=O) groups excluding carboxylic acids is 1. The van der Waals surface area contributed by atoms with Gasteiger partial charge in [0.05, 0.1) is 19.4 Å². The summed E-state index contributed by atoms with van der Waals surface area (Å²) in [4.78, 5) is 12.0. The van der Waals surface area contributed by atoms with Crippen molar-refractivity contribution in [1.29, 1.82) is 0 Å². The van der Waals surface area contributed by atoms with Gasteiger partial charge in [0.15, 0.2) is 0 Å². The summed E-state index contributed by atoms with van der Waals surface area (Å²) >= 11 is 0. The first-order chi connectivity index (χ1) is 9.40. The van der Waals surface area contributed by atoms with Crippen molar-refractivity contribution in [2.75, 3.05) is 25.5 Å². The quantitative estimate of drug-likeness (QED) is 0.369. The van der Waals surface area contributed by atoms with Gasteiger partial charge in [-0.25, -0.2) is 4.79 Å². The Labute approximate surface area is 122 Å². The predicted octanol–water partition coefficient (Wildman–Crippen LogP) is 3.86. The number of allylic oxidation sites excluding steroid dienone is 1. The molecule has 0 saturated heterocycles.